The van der Waals surface area contributed by atoms with Crippen molar-refractivity contribution in [2.75, 3.05) is 13.1 Å². The highest BCUT2D eigenvalue weighted by Crippen LogP contribution is 2.11. The molecule has 0 bridgehead atoms. The number of aromatic amines is 1. The van der Waals surface area contributed by atoms with Crippen molar-refractivity contribution in [1.82, 2.24) is 15.0 Å². The Kier molecular flexibility index (Phi) is 7.26. The van der Waals surface area contributed by atoms with Gasteiger partial charge < -0.3 is 10.3 Å². The van der Waals surface area contributed by atoms with Crippen molar-refractivity contribution in [3.05, 3.63) is 18.0 Å². The largest absolute Gasteiger partial charge is 0.363 e. The zero-order chi connectivity index (χ0) is 15.0. The summed E-state index contributed by atoms with van der Waals surface area (Å²) in [6.07, 6.45) is 4.62. The summed E-state index contributed by atoms with van der Waals surface area (Å²) in [7, 11) is -3.37. The molecule has 1 heterocycles. The van der Waals surface area contributed by atoms with Crippen molar-refractivity contribution in [1.29, 1.82) is 0 Å². The van der Waals surface area contributed by atoms with E-state index in [2.05, 4.69) is 28.9 Å². The molecule has 1 aromatic heterocycles. The van der Waals surface area contributed by atoms with Crippen molar-refractivity contribution >= 4 is 10.0 Å². The molecule has 0 radical (unpaired) electrons. The average molecular weight is 301 g/mol. The highest BCUT2D eigenvalue weighted by Gasteiger charge is 2.15. The van der Waals surface area contributed by atoms with Crippen LogP contribution < -0.4 is 10.0 Å². The van der Waals surface area contributed by atoms with E-state index in [0.717, 1.165) is 31.5 Å². The molecule has 1 aromatic rings. The van der Waals surface area contributed by atoms with Crippen LogP contribution in [0.1, 0.15) is 45.7 Å². The molecule has 0 spiro atoms. The maximum atomic E-state index is 12.1. The number of unbranched alkanes of at least 4 members (excludes halogenated alkanes) is 1. The molecule has 0 unspecified atom stereocenters. The molecule has 0 aliphatic heterocycles. The van der Waals surface area contributed by atoms with Crippen molar-refractivity contribution in [2.24, 2.45) is 5.92 Å². The summed E-state index contributed by atoms with van der Waals surface area (Å²) in [6, 6.07) is 1.68. The standard InChI is InChI=1S/C14H27N3O2S/c1-4-15-10-13-9-14(11-16-13)20(18,19)17-8-6-5-7-12(2)3/h9,11-12,15-17H,4-8,10H2,1-3H3. The number of aromatic nitrogens is 1. The van der Waals surface area contributed by atoms with Gasteiger partial charge in [-0.3, -0.25) is 0 Å². The van der Waals surface area contributed by atoms with Crippen LogP contribution in [0, 0.1) is 5.92 Å². The van der Waals surface area contributed by atoms with Crippen molar-refractivity contribution in [3.63, 3.8) is 0 Å². The van der Waals surface area contributed by atoms with Gasteiger partial charge in [0.05, 0.1) is 4.90 Å². The molecule has 1 rings (SSSR count). The van der Waals surface area contributed by atoms with Gasteiger partial charge in [0.1, 0.15) is 0 Å². The van der Waals surface area contributed by atoms with Crippen LogP contribution in [0.4, 0.5) is 0 Å². The number of H-pyrrole nitrogens is 1. The molecular formula is C14H27N3O2S. The minimum atomic E-state index is -3.37. The molecule has 0 aromatic carbocycles. The number of rotatable bonds is 10. The quantitative estimate of drug-likeness (QED) is 0.580. The molecule has 0 aliphatic rings. The van der Waals surface area contributed by atoms with E-state index < -0.39 is 10.0 Å². The van der Waals surface area contributed by atoms with E-state index in [1.165, 1.54) is 0 Å². The maximum Gasteiger partial charge on any atom is 0.242 e. The lowest BCUT2D eigenvalue weighted by atomic mass is 10.1. The van der Waals surface area contributed by atoms with Crippen molar-refractivity contribution in [2.45, 2.75) is 51.5 Å². The summed E-state index contributed by atoms with van der Waals surface area (Å²) >= 11 is 0. The van der Waals surface area contributed by atoms with Gasteiger partial charge in [-0.2, -0.15) is 0 Å². The van der Waals surface area contributed by atoms with Crippen molar-refractivity contribution in [3.8, 4) is 0 Å². The van der Waals surface area contributed by atoms with E-state index >= 15 is 0 Å². The topological polar surface area (TPSA) is 74.0 Å². The molecule has 0 fully saturated rings. The van der Waals surface area contributed by atoms with Crippen LogP contribution in [-0.4, -0.2) is 26.5 Å². The Hall–Kier alpha value is -0.850. The first-order valence-electron chi connectivity index (χ1n) is 7.33. The van der Waals surface area contributed by atoms with Crippen LogP contribution in [-0.2, 0) is 16.6 Å². The van der Waals surface area contributed by atoms with E-state index in [1.807, 2.05) is 6.92 Å². The lowest BCUT2D eigenvalue weighted by Crippen LogP contribution is -2.24. The molecule has 0 saturated carbocycles. The van der Waals surface area contributed by atoms with Gasteiger partial charge in [0.25, 0.3) is 0 Å². The second-order valence-electron chi connectivity index (χ2n) is 5.43. The third-order valence-corrected chi connectivity index (χ3v) is 4.53. The van der Waals surface area contributed by atoms with Crippen LogP contribution in [0.5, 0.6) is 0 Å². The predicted molar refractivity (Wildman–Crippen MR) is 82.1 cm³/mol. The van der Waals surface area contributed by atoms with Gasteiger partial charge in [0.2, 0.25) is 10.0 Å². The summed E-state index contributed by atoms with van der Waals surface area (Å²) in [5, 5.41) is 3.15. The Bertz CT molecular complexity index is 480. The first-order valence-corrected chi connectivity index (χ1v) is 8.81. The SMILES string of the molecule is CCNCc1cc(S(=O)(=O)NCCCCC(C)C)c[nH]1. The van der Waals surface area contributed by atoms with E-state index in [1.54, 1.807) is 12.3 Å². The second kappa shape index (κ2) is 8.44. The van der Waals surface area contributed by atoms with Crippen LogP contribution >= 0.6 is 0 Å². The van der Waals surface area contributed by atoms with Gasteiger partial charge in [-0.1, -0.05) is 33.6 Å². The minimum Gasteiger partial charge on any atom is -0.363 e. The predicted octanol–water partition coefficient (Wildman–Crippen LogP) is 2.23. The molecule has 6 heteroatoms. The Labute approximate surface area is 122 Å². The second-order valence-corrected chi connectivity index (χ2v) is 7.20. The molecule has 20 heavy (non-hydrogen) atoms. The minimum absolute atomic E-state index is 0.314. The van der Waals surface area contributed by atoms with Gasteiger partial charge in [-0.25, -0.2) is 13.1 Å². The molecular weight excluding hydrogens is 274 g/mol. The Morgan fingerprint density at radius 2 is 2.05 bits per heavy atom. The van der Waals surface area contributed by atoms with E-state index in [-0.39, 0.29) is 0 Å². The lowest BCUT2D eigenvalue weighted by Gasteiger charge is -2.06. The first kappa shape index (κ1) is 17.2. The lowest BCUT2D eigenvalue weighted by molar-refractivity contribution is 0.530. The number of nitrogens with one attached hydrogen (secondary N) is 3. The number of sulfonamides is 1. The molecule has 3 N–H and O–H groups in total. The fraction of sp³-hybridized carbons (Fsp3) is 0.714. The van der Waals surface area contributed by atoms with Gasteiger partial charge in [-0.05, 0) is 24.9 Å². The van der Waals surface area contributed by atoms with Gasteiger partial charge >= 0.3 is 0 Å². The van der Waals surface area contributed by atoms with Crippen LogP contribution in [0.15, 0.2) is 17.2 Å². The zero-order valence-corrected chi connectivity index (χ0v) is 13.5. The fourth-order valence-electron chi connectivity index (χ4n) is 1.90. The normalized spacial score (nSPS) is 12.2. The summed E-state index contributed by atoms with van der Waals surface area (Å²) in [4.78, 5) is 3.30. The molecule has 0 atom stereocenters. The molecule has 0 amide bonds. The number of hydrogen-bond acceptors (Lipinski definition) is 3. The fourth-order valence-corrected chi connectivity index (χ4v) is 2.99. The Morgan fingerprint density at radius 3 is 2.70 bits per heavy atom. The van der Waals surface area contributed by atoms with E-state index in [9.17, 15) is 8.42 Å². The van der Waals surface area contributed by atoms with E-state index in [0.29, 0.717) is 23.9 Å². The Balaban J connectivity index is 2.41. The monoisotopic (exact) mass is 301 g/mol. The summed E-state index contributed by atoms with van der Waals surface area (Å²) in [6.45, 7) is 8.38. The Morgan fingerprint density at radius 1 is 1.30 bits per heavy atom. The molecule has 116 valence electrons. The van der Waals surface area contributed by atoms with E-state index in [4.69, 9.17) is 0 Å². The molecule has 5 nitrogen and oxygen atoms in total. The average Bonchev–Trinajstić information content (AvgIpc) is 2.85. The number of hydrogen-bond donors (Lipinski definition) is 3. The zero-order valence-electron chi connectivity index (χ0n) is 12.7. The third-order valence-electron chi connectivity index (χ3n) is 3.09. The molecule has 0 aliphatic carbocycles. The van der Waals surface area contributed by atoms with Crippen LogP contribution in [0.2, 0.25) is 0 Å². The summed E-state index contributed by atoms with van der Waals surface area (Å²) in [5.41, 5.74) is 0.882. The highest BCUT2D eigenvalue weighted by atomic mass is 32.2. The third kappa shape index (κ3) is 6.07. The van der Waals surface area contributed by atoms with Gasteiger partial charge in [0, 0.05) is 25.0 Å². The van der Waals surface area contributed by atoms with Crippen LogP contribution in [0.25, 0.3) is 0 Å². The maximum absolute atomic E-state index is 12.1. The summed E-state index contributed by atoms with van der Waals surface area (Å²) in [5.74, 6) is 0.671. The molecule has 0 saturated heterocycles. The van der Waals surface area contributed by atoms with Gasteiger partial charge in [0.15, 0.2) is 0 Å². The van der Waals surface area contributed by atoms with Crippen LogP contribution in [0.3, 0.4) is 0 Å². The van der Waals surface area contributed by atoms with Crippen molar-refractivity contribution < 1.29 is 8.42 Å². The highest BCUT2D eigenvalue weighted by molar-refractivity contribution is 7.89. The smallest absolute Gasteiger partial charge is 0.242 e. The summed E-state index contributed by atoms with van der Waals surface area (Å²) < 4.78 is 26.8. The van der Waals surface area contributed by atoms with Gasteiger partial charge in [-0.15, -0.1) is 0 Å². The first-order chi connectivity index (χ1) is 9.45.